The van der Waals surface area contributed by atoms with Crippen LogP contribution in [-0.4, -0.2) is 70.9 Å². The molecule has 0 aliphatic carbocycles. The van der Waals surface area contributed by atoms with Crippen LogP contribution in [0.4, 0.5) is 14.7 Å². The number of aromatic amines is 1. The first kappa shape index (κ1) is 22.4. The highest BCUT2D eigenvalue weighted by molar-refractivity contribution is 7.51. The summed E-state index contributed by atoms with van der Waals surface area (Å²) in [5, 5.41) is 10.8. The molecule has 1 saturated heterocycles. The van der Waals surface area contributed by atoms with E-state index in [9.17, 15) is 28.1 Å². The number of H-pyrrole nitrogens is 1. The summed E-state index contributed by atoms with van der Waals surface area (Å²) in [6.07, 6.45) is 0.856. The minimum atomic E-state index is -4.36. The molecule has 3 aromatic rings. The van der Waals surface area contributed by atoms with Gasteiger partial charge in [-0.1, -0.05) is 0 Å². The van der Waals surface area contributed by atoms with Gasteiger partial charge in [-0.05, 0) is 0 Å². The Hall–Kier alpha value is -2.75. The largest absolute Gasteiger partial charge is 0.437 e. The first-order valence-electron chi connectivity index (χ1n) is 9.09. The number of fused-ring (bicyclic) bond motifs is 1. The molecule has 1 fully saturated rings. The lowest BCUT2D eigenvalue weighted by Gasteiger charge is -2.21. The first-order valence-corrected chi connectivity index (χ1v) is 10.6. The molecular weight excluding hydrogens is 459 g/mol. The number of aliphatic hydroxyl groups is 1. The van der Waals surface area contributed by atoms with Crippen molar-refractivity contribution in [1.29, 1.82) is 0 Å². The van der Waals surface area contributed by atoms with Crippen LogP contribution in [0.25, 0.3) is 11.2 Å². The number of alkyl halides is 2. The van der Waals surface area contributed by atoms with E-state index in [2.05, 4.69) is 24.7 Å². The molecule has 5 atom stereocenters. The fourth-order valence-electron chi connectivity index (χ4n) is 3.34. The van der Waals surface area contributed by atoms with Crippen molar-refractivity contribution >= 4 is 24.9 Å². The van der Waals surface area contributed by atoms with E-state index < -0.39 is 57.5 Å². The Morgan fingerprint density at radius 2 is 2.16 bits per heavy atom. The number of hydrogen-bond donors (Lipinski definition) is 4. The molecule has 0 aromatic carbocycles. The molecule has 14 nitrogen and oxygen atoms in total. The summed E-state index contributed by atoms with van der Waals surface area (Å²) in [5.74, 6) is -1.30. The summed E-state index contributed by atoms with van der Waals surface area (Å²) in [7, 11) is -4.36. The average Bonchev–Trinajstić information content (AvgIpc) is 3.44. The second-order valence-corrected chi connectivity index (χ2v) is 8.52. The number of nitrogens with two attached hydrogens (primary N) is 1. The van der Waals surface area contributed by atoms with Crippen molar-refractivity contribution in [2.75, 3.05) is 18.9 Å². The van der Waals surface area contributed by atoms with Gasteiger partial charge in [0.05, 0.1) is 25.6 Å². The third-order valence-corrected chi connectivity index (χ3v) is 6.16. The highest BCUT2D eigenvalue weighted by atomic mass is 31.2. The number of halogens is 2. The van der Waals surface area contributed by atoms with Crippen LogP contribution in [-0.2, 0) is 18.6 Å². The van der Waals surface area contributed by atoms with Gasteiger partial charge in [-0.2, -0.15) is 13.8 Å². The van der Waals surface area contributed by atoms with Gasteiger partial charge in [0.1, 0.15) is 12.4 Å². The maximum atomic E-state index is 12.6. The fraction of sp³-hybridized carbons (Fsp3) is 0.467. The maximum Gasteiger partial charge on any atom is 0.437 e. The van der Waals surface area contributed by atoms with Gasteiger partial charge in [-0.25, -0.2) is 18.9 Å². The van der Waals surface area contributed by atoms with Gasteiger partial charge in [0, 0.05) is 18.3 Å². The van der Waals surface area contributed by atoms with E-state index in [0.29, 0.717) is 0 Å². The zero-order valence-electron chi connectivity index (χ0n) is 16.1. The lowest BCUT2D eigenvalue weighted by Crippen LogP contribution is -2.33. The van der Waals surface area contributed by atoms with Crippen molar-refractivity contribution in [1.82, 2.24) is 28.8 Å². The number of nitrogen functional groups attached to an aromatic ring is 1. The van der Waals surface area contributed by atoms with Crippen LogP contribution in [0.2, 0.25) is 0 Å². The molecule has 4 rings (SSSR count). The minimum absolute atomic E-state index is 0.0170. The summed E-state index contributed by atoms with van der Waals surface area (Å²) < 4.78 is 54.8. The van der Waals surface area contributed by atoms with Gasteiger partial charge in [0.15, 0.2) is 17.4 Å². The van der Waals surface area contributed by atoms with E-state index >= 15 is 0 Å². The van der Waals surface area contributed by atoms with E-state index in [1.165, 1.54) is 17.0 Å². The van der Waals surface area contributed by atoms with E-state index in [1.54, 1.807) is 0 Å². The molecule has 174 valence electrons. The normalized spacial score (nSPS) is 25.5. The monoisotopic (exact) mass is 477 g/mol. The Balaban J connectivity index is 1.60. The average molecular weight is 477 g/mol. The van der Waals surface area contributed by atoms with Crippen molar-refractivity contribution in [2.45, 2.75) is 25.0 Å². The molecule has 1 unspecified atom stereocenters. The molecule has 0 saturated carbocycles. The highest BCUT2D eigenvalue weighted by Gasteiger charge is 2.46. The van der Waals surface area contributed by atoms with Gasteiger partial charge >= 0.3 is 14.4 Å². The maximum absolute atomic E-state index is 12.6. The highest BCUT2D eigenvalue weighted by Crippen LogP contribution is 2.45. The number of nitrogens with zero attached hydrogens (tertiary/aromatic N) is 5. The SMILES string of the molecule is Nc1nc2c(ncn2[C@@H]2O[C@H](COP(=O)(O)n3ccnc3)[C@@H](COC(F)F)[C@H]2O)c(=O)[nH]1. The Morgan fingerprint density at radius 3 is 2.84 bits per heavy atom. The van der Waals surface area contributed by atoms with E-state index in [1.807, 2.05) is 0 Å². The predicted molar refractivity (Wildman–Crippen MR) is 101 cm³/mol. The number of imidazole rings is 2. The van der Waals surface area contributed by atoms with E-state index in [0.717, 1.165) is 17.0 Å². The Labute approximate surface area is 177 Å². The minimum Gasteiger partial charge on any atom is -0.388 e. The molecule has 0 radical (unpaired) electrons. The van der Waals surface area contributed by atoms with Crippen LogP contribution in [0, 0.1) is 5.92 Å². The summed E-state index contributed by atoms with van der Waals surface area (Å²) in [6.45, 7) is -4.32. The molecule has 17 heteroatoms. The summed E-state index contributed by atoms with van der Waals surface area (Å²) >= 11 is 0. The van der Waals surface area contributed by atoms with Crippen LogP contribution < -0.4 is 11.3 Å². The number of aromatic nitrogens is 6. The van der Waals surface area contributed by atoms with Crippen LogP contribution in [0.3, 0.4) is 0 Å². The Bertz CT molecular complexity index is 1190. The van der Waals surface area contributed by atoms with E-state index in [-0.39, 0.29) is 17.1 Å². The Morgan fingerprint density at radius 1 is 1.38 bits per heavy atom. The van der Waals surface area contributed by atoms with Crippen molar-refractivity contribution in [3.63, 3.8) is 0 Å². The van der Waals surface area contributed by atoms with E-state index in [4.69, 9.17) is 15.0 Å². The Kier molecular flexibility index (Phi) is 6.07. The second kappa shape index (κ2) is 8.65. The molecule has 3 aromatic heterocycles. The number of rotatable bonds is 8. The molecule has 32 heavy (non-hydrogen) atoms. The van der Waals surface area contributed by atoms with Crippen LogP contribution in [0.1, 0.15) is 6.23 Å². The lowest BCUT2D eigenvalue weighted by atomic mass is 9.99. The lowest BCUT2D eigenvalue weighted by molar-refractivity contribution is -0.147. The number of ether oxygens (including phenoxy) is 2. The summed E-state index contributed by atoms with van der Waals surface area (Å²) in [6, 6.07) is 0. The van der Waals surface area contributed by atoms with Crippen molar-refractivity contribution < 1.29 is 37.3 Å². The molecule has 5 N–H and O–H groups in total. The third-order valence-electron chi connectivity index (χ3n) is 4.85. The zero-order chi connectivity index (χ0) is 23.0. The molecular formula is C15H18F2N7O7P. The number of aliphatic hydroxyl groups excluding tert-OH is 1. The second-order valence-electron chi connectivity index (χ2n) is 6.82. The van der Waals surface area contributed by atoms with Gasteiger partial charge < -0.3 is 25.2 Å². The van der Waals surface area contributed by atoms with Gasteiger partial charge in [-0.15, -0.1) is 0 Å². The van der Waals surface area contributed by atoms with Crippen LogP contribution >= 0.6 is 7.75 Å². The topological polar surface area (TPSA) is 193 Å². The standard InChI is InChI=1S/C15H18F2N7O7P/c16-14(17)29-3-7-8(4-30-32(27,28)23-2-1-19-5-23)31-13(10(7)25)24-6-20-9-11(24)21-15(18)22-12(9)26/h1-2,5-8,10,13-14,25H,3-4H2,(H,27,28)(H3,18,21,22,26)/t7-,8-,10-,13-/m1/s1. The molecule has 4 heterocycles. The van der Waals surface area contributed by atoms with Crippen molar-refractivity contribution in [3.8, 4) is 0 Å². The fourth-order valence-corrected chi connectivity index (χ4v) is 4.24. The zero-order valence-corrected chi connectivity index (χ0v) is 17.0. The van der Waals surface area contributed by atoms with Gasteiger partial charge in [0.2, 0.25) is 5.95 Å². The summed E-state index contributed by atoms with van der Waals surface area (Å²) in [4.78, 5) is 35.9. The molecule has 1 aliphatic heterocycles. The number of hydrogen-bond acceptors (Lipinski definition) is 10. The van der Waals surface area contributed by atoms with Crippen LogP contribution in [0.5, 0.6) is 0 Å². The smallest absolute Gasteiger partial charge is 0.388 e. The predicted octanol–water partition coefficient (Wildman–Crippen LogP) is -0.323. The molecule has 0 bridgehead atoms. The van der Waals surface area contributed by atoms with Crippen molar-refractivity contribution in [2.24, 2.45) is 5.92 Å². The van der Waals surface area contributed by atoms with Crippen LogP contribution in [0.15, 0.2) is 29.8 Å². The number of nitrogens with one attached hydrogen (secondary N) is 1. The van der Waals surface area contributed by atoms with Crippen molar-refractivity contribution in [3.05, 3.63) is 35.4 Å². The molecule has 0 amide bonds. The van der Waals surface area contributed by atoms with Gasteiger partial charge in [0.25, 0.3) is 5.56 Å². The molecule has 0 spiro atoms. The molecule has 1 aliphatic rings. The quantitative estimate of drug-likeness (QED) is 0.311. The van der Waals surface area contributed by atoms with Gasteiger partial charge in [-0.3, -0.25) is 18.9 Å². The first-order chi connectivity index (χ1) is 15.2. The number of anilines is 1. The summed E-state index contributed by atoms with van der Waals surface area (Å²) in [5.41, 5.74) is 4.83. The third kappa shape index (κ3) is 4.28.